The average molecular weight is 325 g/mol. The lowest BCUT2D eigenvalue weighted by Crippen LogP contribution is -2.04. The van der Waals surface area contributed by atoms with Crippen LogP contribution in [-0.4, -0.2) is 15.1 Å². The topological polar surface area (TPSA) is 51.8 Å². The zero-order valence-electron chi connectivity index (χ0n) is 13.2. The van der Waals surface area contributed by atoms with E-state index in [2.05, 4.69) is 32.6 Å². The van der Waals surface area contributed by atoms with Gasteiger partial charge in [0.1, 0.15) is 0 Å². The molecule has 0 atom stereocenters. The fourth-order valence-electron chi connectivity index (χ4n) is 3.18. The summed E-state index contributed by atoms with van der Waals surface area (Å²) in [5.41, 5.74) is 3.08. The Morgan fingerprint density at radius 3 is 2.70 bits per heavy atom. The molecular weight excluding hydrogens is 306 g/mol. The van der Waals surface area contributed by atoms with Crippen LogP contribution in [0.15, 0.2) is 34.2 Å². The number of hydrogen-bond donors (Lipinski definition) is 0. The average Bonchev–Trinajstić information content (AvgIpc) is 3.25. The summed E-state index contributed by atoms with van der Waals surface area (Å²) in [4.78, 5) is 9.20. The number of thiazole rings is 1. The quantitative estimate of drug-likeness (QED) is 0.663. The van der Waals surface area contributed by atoms with E-state index >= 15 is 0 Å². The summed E-state index contributed by atoms with van der Waals surface area (Å²) < 4.78 is 5.53. The molecule has 0 amide bonds. The predicted octanol–water partition coefficient (Wildman–Crippen LogP) is 5.22. The van der Waals surface area contributed by atoms with E-state index < -0.39 is 0 Å². The number of benzene rings is 1. The molecule has 0 unspecified atom stereocenters. The zero-order valence-corrected chi connectivity index (χ0v) is 14.0. The van der Waals surface area contributed by atoms with Crippen LogP contribution in [0, 0.1) is 6.92 Å². The minimum Gasteiger partial charge on any atom is -0.339 e. The van der Waals surface area contributed by atoms with E-state index in [4.69, 9.17) is 4.52 Å². The summed E-state index contributed by atoms with van der Waals surface area (Å²) in [6, 6.07) is 8.21. The molecule has 2 aromatic heterocycles. The molecule has 4 rings (SSSR count). The third-order valence-corrected chi connectivity index (χ3v) is 5.21. The SMILES string of the molecule is Cc1nc(-c2cccc(-c3noc(C4CCCCC4)n3)c2)cs1. The Morgan fingerprint density at radius 1 is 1.09 bits per heavy atom. The van der Waals surface area contributed by atoms with Gasteiger partial charge in [0.25, 0.3) is 0 Å². The maximum Gasteiger partial charge on any atom is 0.230 e. The van der Waals surface area contributed by atoms with Crippen LogP contribution in [0.4, 0.5) is 0 Å². The highest BCUT2D eigenvalue weighted by Gasteiger charge is 2.22. The second kappa shape index (κ2) is 6.24. The summed E-state index contributed by atoms with van der Waals surface area (Å²) in [7, 11) is 0. The van der Waals surface area contributed by atoms with Gasteiger partial charge in [-0.25, -0.2) is 4.98 Å². The summed E-state index contributed by atoms with van der Waals surface area (Å²) in [5, 5.41) is 7.35. The lowest BCUT2D eigenvalue weighted by molar-refractivity contribution is 0.314. The molecule has 3 aromatic rings. The van der Waals surface area contributed by atoms with Crippen molar-refractivity contribution < 1.29 is 4.52 Å². The molecule has 1 fully saturated rings. The van der Waals surface area contributed by atoms with Gasteiger partial charge < -0.3 is 4.52 Å². The van der Waals surface area contributed by atoms with Gasteiger partial charge in [-0.2, -0.15) is 4.98 Å². The van der Waals surface area contributed by atoms with E-state index in [-0.39, 0.29) is 0 Å². The van der Waals surface area contributed by atoms with Crippen LogP contribution in [0.5, 0.6) is 0 Å². The summed E-state index contributed by atoms with van der Waals surface area (Å²) >= 11 is 1.66. The minimum absolute atomic E-state index is 0.439. The van der Waals surface area contributed by atoms with Crippen LogP contribution in [0.25, 0.3) is 22.6 Å². The number of nitrogens with zero attached hydrogens (tertiary/aromatic N) is 3. The van der Waals surface area contributed by atoms with E-state index in [0.29, 0.717) is 11.7 Å². The number of hydrogen-bond acceptors (Lipinski definition) is 5. The molecule has 0 aliphatic heterocycles. The third kappa shape index (κ3) is 3.06. The van der Waals surface area contributed by atoms with Gasteiger partial charge in [0, 0.05) is 22.4 Å². The van der Waals surface area contributed by atoms with E-state index in [1.165, 1.54) is 32.1 Å². The Morgan fingerprint density at radius 2 is 1.91 bits per heavy atom. The van der Waals surface area contributed by atoms with Gasteiger partial charge in [0.2, 0.25) is 11.7 Å². The van der Waals surface area contributed by atoms with Crippen LogP contribution in [0.3, 0.4) is 0 Å². The van der Waals surface area contributed by atoms with Gasteiger partial charge in [-0.15, -0.1) is 11.3 Å². The summed E-state index contributed by atoms with van der Waals surface area (Å²) in [5.74, 6) is 1.92. The van der Waals surface area contributed by atoms with Crippen molar-refractivity contribution in [2.45, 2.75) is 44.9 Å². The van der Waals surface area contributed by atoms with Crippen LogP contribution >= 0.6 is 11.3 Å². The molecule has 5 heteroatoms. The standard InChI is InChI=1S/C18H19N3OS/c1-12-19-16(11-23-12)14-8-5-9-15(10-14)17-20-18(22-21-17)13-6-3-2-4-7-13/h5,8-11,13H,2-4,6-7H2,1H3. The molecule has 1 aliphatic rings. The lowest BCUT2D eigenvalue weighted by atomic mass is 9.89. The normalized spacial score (nSPS) is 15.9. The van der Waals surface area contributed by atoms with Crippen LogP contribution < -0.4 is 0 Å². The van der Waals surface area contributed by atoms with Gasteiger partial charge in [-0.3, -0.25) is 0 Å². The summed E-state index contributed by atoms with van der Waals surface area (Å²) in [6.07, 6.45) is 6.19. The number of aryl methyl sites for hydroxylation is 1. The second-order valence-corrected chi connectivity index (χ2v) is 7.19. The first-order chi connectivity index (χ1) is 11.3. The van der Waals surface area contributed by atoms with E-state index in [0.717, 1.165) is 27.7 Å². The molecule has 0 saturated heterocycles. The van der Waals surface area contributed by atoms with Crippen LogP contribution in [0.2, 0.25) is 0 Å². The molecule has 0 radical (unpaired) electrons. The molecule has 1 saturated carbocycles. The Balaban J connectivity index is 1.62. The summed E-state index contributed by atoms with van der Waals surface area (Å²) in [6.45, 7) is 2.02. The van der Waals surface area contributed by atoms with Crippen molar-refractivity contribution in [1.29, 1.82) is 0 Å². The zero-order chi connectivity index (χ0) is 15.6. The van der Waals surface area contributed by atoms with Crippen molar-refractivity contribution in [3.8, 4) is 22.6 Å². The van der Waals surface area contributed by atoms with Gasteiger partial charge in [0.05, 0.1) is 10.7 Å². The van der Waals surface area contributed by atoms with E-state index in [9.17, 15) is 0 Å². The van der Waals surface area contributed by atoms with Crippen molar-refractivity contribution in [3.05, 3.63) is 40.5 Å². The molecular formula is C18H19N3OS. The van der Waals surface area contributed by atoms with Gasteiger partial charge >= 0.3 is 0 Å². The molecule has 0 bridgehead atoms. The van der Waals surface area contributed by atoms with Crippen molar-refractivity contribution in [1.82, 2.24) is 15.1 Å². The van der Waals surface area contributed by atoms with Crippen molar-refractivity contribution >= 4 is 11.3 Å². The maximum absolute atomic E-state index is 5.53. The first-order valence-corrected chi connectivity index (χ1v) is 9.04. The highest BCUT2D eigenvalue weighted by molar-refractivity contribution is 7.09. The molecule has 4 nitrogen and oxygen atoms in total. The molecule has 0 spiro atoms. The first-order valence-electron chi connectivity index (χ1n) is 8.16. The van der Waals surface area contributed by atoms with Crippen molar-refractivity contribution in [2.24, 2.45) is 0 Å². The number of rotatable bonds is 3. The van der Waals surface area contributed by atoms with E-state index in [1.54, 1.807) is 11.3 Å². The lowest BCUT2D eigenvalue weighted by Gasteiger charge is -2.17. The Kier molecular flexibility index (Phi) is 3.95. The van der Waals surface area contributed by atoms with Gasteiger partial charge in [0.15, 0.2) is 0 Å². The smallest absolute Gasteiger partial charge is 0.230 e. The van der Waals surface area contributed by atoms with Crippen molar-refractivity contribution in [3.63, 3.8) is 0 Å². The van der Waals surface area contributed by atoms with Gasteiger partial charge in [-0.1, -0.05) is 42.6 Å². The fraction of sp³-hybridized carbons (Fsp3) is 0.389. The maximum atomic E-state index is 5.53. The Labute approximate surface area is 139 Å². The highest BCUT2D eigenvalue weighted by Crippen LogP contribution is 2.33. The molecule has 1 aromatic carbocycles. The molecule has 118 valence electrons. The number of aromatic nitrogens is 3. The molecule has 23 heavy (non-hydrogen) atoms. The Hall–Kier alpha value is -2.01. The van der Waals surface area contributed by atoms with E-state index in [1.807, 2.05) is 19.1 Å². The highest BCUT2D eigenvalue weighted by atomic mass is 32.1. The molecule has 2 heterocycles. The molecule has 0 N–H and O–H groups in total. The first kappa shape index (κ1) is 14.6. The van der Waals surface area contributed by atoms with Crippen LogP contribution in [0.1, 0.15) is 48.9 Å². The third-order valence-electron chi connectivity index (χ3n) is 4.43. The van der Waals surface area contributed by atoms with Gasteiger partial charge in [-0.05, 0) is 25.8 Å². The van der Waals surface area contributed by atoms with Crippen LogP contribution in [-0.2, 0) is 0 Å². The molecule has 1 aliphatic carbocycles. The predicted molar refractivity (Wildman–Crippen MR) is 91.4 cm³/mol. The monoisotopic (exact) mass is 325 g/mol. The fourth-order valence-corrected chi connectivity index (χ4v) is 3.80. The second-order valence-electron chi connectivity index (χ2n) is 6.12. The Bertz CT molecular complexity index is 802. The van der Waals surface area contributed by atoms with Crippen molar-refractivity contribution in [2.75, 3.05) is 0 Å². The minimum atomic E-state index is 0.439. The largest absolute Gasteiger partial charge is 0.339 e.